The van der Waals surface area contributed by atoms with Crippen molar-refractivity contribution < 1.29 is 4.79 Å². The summed E-state index contributed by atoms with van der Waals surface area (Å²) in [7, 11) is 1.77. The van der Waals surface area contributed by atoms with Gasteiger partial charge in [-0.2, -0.15) is 5.10 Å². The second-order valence-electron chi connectivity index (χ2n) is 3.86. The van der Waals surface area contributed by atoms with Gasteiger partial charge in [0.2, 0.25) is 0 Å². The second-order valence-corrected chi connectivity index (χ2v) is 4.27. The van der Waals surface area contributed by atoms with Crippen molar-refractivity contribution in [3.8, 4) is 0 Å². The van der Waals surface area contributed by atoms with Gasteiger partial charge < -0.3 is 0 Å². The summed E-state index contributed by atoms with van der Waals surface area (Å²) in [6.45, 7) is 1.88. The Hall–Kier alpha value is -1.68. The van der Waals surface area contributed by atoms with Crippen LogP contribution in [0.2, 0.25) is 5.02 Å². The first-order chi connectivity index (χ1) is 8.08. The van der Waals surface area contributed by atoms with E-state index in [4.69, 9.17) is 11.6 Å². The fraction of sp³-hybridized carbons (Fsp3) is 0.250. The number of rotatable bonds is 3. The first-order valence-corrected chi connectivity index (χ1v) is 5.58. The molecule has 2 rings (SSSR count). The molecule has 5 heteroatoms. The van der Waals surface area contributed by atoms with E-state index >= 15 is 0 Å². The SMILES string of the molecule is Cc1cc(C(=O)Cc2ncnn2C)ccc1Cl. The third-order valence-corrected chi connectivity index (χ3v) is 3.03. The standard InChI is InChI=1S/C12H12ClN3O/c1-8-5-9(3-4-10(8)13)11(17)6-12-14-7-15-16(12)2/h3-5,7H,6H2,1-2H3. The van der Waals surface area contributed by atoms with Crippen molar-refractivity contribution in [1.29, 1.82) is 0 Å². The van der Waals surface area contributed by atoms with E-state index in [1.54, 1.807) is 29.9 Å². The molecule has 0 fully saturated rings. The largest absolute Gasteiger partial charge is 0.294 e. The van der Waals surface area contributed by atoms with Gasteiger partial charge >= 0.3 is 0 Å². The summed E-state index contributed by atoms with van der Waals surface area (Å²) in [5.41, 5.74) is 1.55. The van der Waals surface area contributed by atoms with Gasteiger partial charge in [-0.05, 0) is 30.7 Å². The van der Waals surface area contributed by atoms with Gasteiger partial charge in [0.25, 0.3) is 0 Å². The normalized spacial score (nSPS) is 10.5. The van der Waals surface area contributed by atoms with E-state index in [-0.39, 0.29) is 12.2 Å². The molecule has 0 saturated heterocycles. The summed E-state index contributed by atoms with van der Waals surface area (Å²) in [4.78, 5) is 16.0. The highest BCUT2D eigenvalue weighted by atomic mass is 35.5. The lowest BCUT2D eigenvalue weighted by Crippen LogP contribution is -2.09. The zero-order valence-corrected chi connectivity index (χ0v) is 10.4. The number of hydrogen-bond donors (Lipinski definition) is 0. The molecule has 88 valence electrons. The summed E-state index contributed by atoms with van der Waals surface area (Å²) in [5, 5.41) is 4.59. The molecule has 0 aliphatic rings. The third-order valence-electron chi connectivity index (χ3n) is 2.60. The summed E-state index contributed by atoms with van der Waals surface area (Å²) in [6, 6.07) is 5.26. The number of carbonyl (C=O) groups is 1. The molecular weight excluding hydrogens is 238 g/mol. The van der Waals surface area contributed by atoms with Gasteiger partial charge in [-0.1, -0.05) is 11.6 Å². The van der Waals surface area contributed by atoms with Crippen molar-refractivity contribution in [2.75, 3.05) is 0 Å². The van der Waals surface area contributed by atoms with Crippen LogP contribution in [0.4, 0.5) is 0 Å². The Morgan fingerprint density at radius 2 is 2.24 bits per heavy atom. The smallest absolute Gasteiger partial charge is 0.170 e. The van der Waals surface area contributed by atoms with E-state index in [1.807, 2.05) is 6.92 Å². The molecule has 2 aromatic rings. The van der Waals surface area contributed by atoms with E-state index in [0.717, 1.165) is 5.56 Å². The Balaban J connectivity index is 2.20. The lowest BCUT2D eigenvalue weighted by atomic mass is 10.1. The molecule has 0 N–H and O–H groups in total. The Labute approximate surface area is 104 Å². The Kier molecular flexibility index (Phi) is 3.24. The molecule has 0 aliphatic heterocycles. The number of Topliss-reactive ketones (excluding diaryl/α,β-unsaturated/α-hetero) is 1. The van der Waals surface area contributed by atoms with Crippen molar-refractivity contribution in [3.05, 3.63) is 46.5 Å². The molecule has 4 nitrogen and oxygen atoms in total. The number of aromatic nitrogens is 3. The predicted octanol–water partition coefficient (Wildman–Crippen LogP) is 2.20. The number of ketones is 1. The maximum Gasteiger partial charge on any atom is 0.170 e. The van der Waals surface area contributed by atoms with E-state index in [2.05, 4.69) is 10.1 Å². The van der Waals surface area contributed by atoms with E-state index in [1.165, 1.54) is 6.33 Å². The van der Waals surface area contributed by atoms with Gasteiger partial charge in [0.15, 0.2) is 5.78 Å². The maximum atomic E-state index is 12.0. The minimum Gasteiger partial charge on any atom is -0.294 e. The molecule has 0 atom stereocenters. The van der Waals surface area contributed by atoms with Gasteiger partial charge in [-0.3, -0.25) is 9.48 Å². The van der Waals surface area contributed by atoms with Crippen LogP contribution in [-0.2, 0) is 13.5 Å². The number of carbonyl (C=O) groups excluding carboxylic acids is 1. The van der Waals surface area contributed by atoms with Crippen molar-refractivity contribution in [1.82, 2.24) is 14.8 Å². The van der Waals surface area contributed by atoms with Gasteiger partial charge in [0, 0.05) is 17.6 Å². The van der Waals surface area contributed by atoms with Gasteiger partial charge in [-0.25, -0.2) is 4.98 Å². The number of hydrogen-bond acceptors (Lipinski definition) is 3. The highest BCUT2D eigenvalue weighted by Gasteiger charge is 2.11. The lowest BCUT2D eigenvalue weighted by molar-refractivity contribution is 0.0989. The summed E-state index contributed by atoms with van der Waals surface area (Å²) >= 11 is 5.92. The van der Waals surface area contributed by atoms with Gasteiger partial charge in [-0.15, -0.1) is 0 Å². The first-order valence-electron chi connectivity index (χ1n) is 5.20. The molecule has 1 aromatic carbocycles. The summed E-state index contributed by atoms with van der Waals surface area (Å²) < 4.78 is 1.60. The Morgan fingerprint density at radius 3 is 2.82 bits per heavy atom. The Morgan fingerprint density at radius 1 is 1.47 bits per heavy atom. The van der Waals surface area contributed by atoms with E-state index in [9.17, 15) is 4.79 Å². The van der Waals surface area contributed by atoms with E-state index < -0.39 is 0 Å². The van der Waals surface area contributed by atoms with Crippen LogP contribution in [0.1, 0.15) is 21.7 Å². The first kappa shape index (κ1) is 11.8. The molecule has 1 aromatic heterocycles. The molecule has 1 heterocycles. The minimum atomic E-state index is 0.0147. The fourth-order valence-electron chi connectivity index (χ4n) is 1.54. The number of nitrogens with zero attached hydrogens (tertiary/aromatic N) is 3. The fourth-order valence-corrected chi connectivity index (χ4v) is 1.66. The van der Waals surface area contributed by atoms with Crippen LogP contribution in [0, 0.1) is 6.92 Å². The maximum absolute atomic E-state index is 12.0. The van der Waals surface area contributed by atoms with Crippen molar-refractivity contribution in [2.45, 2.75) is 13.3 Å². The number of aryl methyl sites for hydroxylation is 2. The summed E-state index contributed by atoms with van der Waals surface area (Å²) in [6.07, 6.45) is 1.69. The van der Waals surface area contributed by atoms with Crippen LogP contribution < -0.4 is 0 Å². The van der Waals surface area contributed by atoms with Crippen LogP contribution >= 0.6 is 11.6 Å². The zero-order chi connectivity index (χ0) is 12.4. The molecule has 0 saturated carbocycles. The molecule has 17 heavy (non-hydrogen) atoms. The second kappa shape index (κ2) is 4.67. The van der Waals surface area contributed by atoms with Crippen LogP contribution in [-0.4, -0.2) is 20.5 Å². The average molecular weight is 250 g/mol. The van der Waals surface area contributed by atoms with Crippen molar-refractivity contribution in [3.63, 3.8) is 0 Å². The van der Waals surface area contributed by atoms with Crippen LogP contribution in [0.3, 0.4) is 0 Å². The summed E-state index contributed by atoms with van der Waals surface area (Å²) in [5.74, 6) is 0.670. The topological polar surface area (TPSA) is 47.8 Å². The predicted molar refractivity (Wildman–Crippen MR) is 65.2 cm³/mol. The highest BCUT2D eigenvalue weighted by Crippen LogP contribution is 2.17. The lowest BCUT2D eigenvalue weighted by Gasteiger charge is -2.03. The molecule has 0 amide bonds. The number of halogens is 1. The molecule has 0 radical (unpaired) electrons. The average Bonchev–Trinajstić information content (AvgIpc) is 2.68. The zero-order valence-electron chi connectivity index (χ0n) is 9.64. The van der Waals surface area contributed by atoms with E-state index in [0.29, 0.717) is 16.4 Å². The van der Waals surface area contributed by atoms with Gasteiger partial charge in [0.05, 0.1) is 6.42 Å². The van der Waals surface area contributed by atoms with Crippen molar-refractivity contribution in [2.24, 2.45) is 7.05 Å². The highest BCUT2D eigenvalue weighted by molar-refractivity contribution is 6.31. The minimum absolute atomic E-state index is 0.0147. The molecule has 0 unspecified atom stereocenters. The monoisotopic (exact) mass is 249 g/mol. The molecule has 0 spiro atoms. The third kappa shape index (κ3) is 2.53. The molecule has 0 aliphatic carbocycles. The number of benzene rings is 1. The van der Waals surface area contributed by atoms with Crippen molar-refractivity contribution >= 4 is 17.4 Å². The molecule has 0 bridgehead atoms. The van der Waals surface area contributed by atoms with Crippen LogP contribution in [0.5, 0.6) is 0 Å². The quantitative estimate of drug-likeness (QED) is 0.784. The van der Waals surface area contributed by atoms with Crippen LogP contribution in [0.25, 0.3) is 0 Å². The van der Waals surface area contributed by atoms with Gasteiger partial charge in [0.1, 0.15) is 12.2 Å². The Bertz CT molecular complexity index is 563. The van der Waals surface area contributed by atoms with Crippen LogP contribution in [0.15, 0.2) is 24.5 Å². The molecular formula is C12H12ClN3O.